The number of carbonyl (C=O) groups excluding carboxylic acids is 1. The van der Waals surface area contributed by atoms with Crippen LogP contribution in [0.4, 0.5) is 0 Å². The van der Waals surface area contributed by atoms with Crippen molar-refractivity contribution in [1.82, 2.24) is 4.90 Å². The summed E-state index contributed by atoms with van der Waals surface area (Å²) in [6.07, 6.45) is 4.19. The molecular weight excluding hydrogens is 258 g/mol. The summed E-state index contributed by atoms with van der Waals surface area (Å²) in [7, 11) is 0. The van der Waals surface area contributed by atoms with Gasteiger partial charge in [0.05, 0.1) is 0 Å². The molecule has 3 N–H and O–H groups in total. The van der Waals surface area contributed by atoms with Gasteiger partial charge in [-0.05, 0) is 38.0 Å². The van der Waals surface area contributed by atoms with Crippen LogP contribution >= 0.6 is 0 Å². The fraction of sp³-hybridized carbons (Fsp3) is 0.857. The van der Waals surface area contributed by atoms with Gasteiger partial charge in [-0.1, -0.05) is 12.1 Å². The minimum absolute atomic E-state index is 0.00481. The molecule has 20 heavy (non-hydrogen) atoms. The van der Waals surface area contributed by atoms with Crippen LogP contribution in [0.2, 0.25) is 0 Å². The van der Waals surface area contributed by atoms with E-state index < -0.39 is 5.41 Å². The van der Waals surface area contributed by atoms with Gasteiger partial charge in [0.25, 0.3) is 0 Å². The highest BCUT2D eigenvalue weighted by atomic mass is 16.5. The van der Waals surface area contributed by atoms with Crippen molar-refractivity contribution >= 4 is 11.7 Å². The number of nitrogens with two attached hydrogens (primary N) is 1. The molecule has 1 amide bonds. The summed E-state index contributed by atoms with van der Waals surface area (Å²) in [5, 5.41) is 12.2. The summed E-state index contributed by atoms with van der Waals surface area (Å²) in [6.45, 7) is 4.71. The van der Waals surface area contributed by atoms with Crippen molar-refractivity contribution in [3.8, 4) is 0 Å². The molecule has 114 valence electrons. The lowest BCUT2D eigenvalue weighted by Crippen LogP contribution is -2.54. The standard InChI is InChI=1S/C14H25N3O3/c1-11-3-2-7-17(8-4-11)13(18)14(12(15)16-19)5-9-20-10-6-14/h11,19H,2-10H2,1H3,(H2,15,16). The number of rotatable bonds is 2. The third-order valence-corrected chi connectivity index (χ3v) is 4.66. The van der Waals surface area contributed by atoms with Crippen molar-refractivity contribution in [2.24, 2.45) is 22.2 Å². The highest BCUT2D eigenvalue weighted by Gasteiger charge is 2.46. The summed E-state index contributed by atoms with van der Waals surface area (Å²) in [6, 6.07) is 0. The molecule has 2 fully saturated rings. The molecule has 0 aliphatic carbocycles. The van der Waals surface area contributed by atoms with Gasteiger partial charge in [-0.25, -0.2) is 0 Å². The molecule has 0 aromatic rings. The second kappa shape index (κ2) is 6.43. The fourth-order valence-corrected chi connectivity index (χ4v) is 3.16. The second-order valence-electron chi connectivity index (χ2n) is 6.01. The van der Waals surface area contributed by atoms with E-state index in [-0.39, 0.29) is 11.7 Å². The van der Waals surface area contributed by atoms with Crippen LogP contribution in [0.3, 0.4) is 0 Å². The molecule has 2 aliphatic heterocycles. The molecule has 0 aromatic heterocycles. The largest absolute Gasteiger partial charge is 0.409 e. The molecule has 0 spiro atoms. The fourth-order valence-electron chi connectivity index (χ4n) is 3.16. The normalized spacial score (nSPS) is 27.9. The minimum atomic E-state index is -0.874. The van der Waals surface area contributed by atoms with Gasteiger partial charge in [0.15, 0.2) is 5.84 Å². The van der Waals surface area contributed by atoms with Crippen LogP contribution in [-0.4, -0.2) is 48.2 Å². The first-order valence-corrected chi connectivity index (χ1v) is 7.45. The van der Waals surface area contributed by atoms with Crippen LogP contribution in [0.1, 0.15) is 39.0 Å². The SMILES string of the molecule is CC1CCCN(C(=O)C2(C(N)=NO)CCOCC2)CC1. The molecule has 0 saturated carbocycles. The quantitative estimate of drug-likeness (QED) is 0.345. The predicted molar refractivity (Wildman–Crippen MR) is 75.5 cm³/mol. The van der Waals surface area contributed by atoms with E-state index in [4.69, 9.17) is 15.7 Å². The molecule has 0 bridgehead atoms. The van der Waals surface area contributed by atoms with Crippen LogP contribution in [0.15, 0.2) is 5.16 Å². The smallest absolute Gasteiger partial charge is 0.236 e. The van der Waals surface area contributed by atoms with Gasteiger partial charge in [0, 0.05) is 26.3 Å². The summed E-state index contributed by atoms with van der Waals surface area (Å²) >= 11 is 0. The van der Waals surface area contributed by atoms with Gasteiger partial charge in [0.2, 0.25) is 5.91 Å². The van der Waals surface area contributed by atoms with Crippen molar-refractivity contribution in [2.45, 2.75) is 39.0 Å². The number of amides is 1. The van der Waals surface area contributed by atoms with E-state index in [1.54, 1.807) is 0 Å². The third kappa shape index (κ3) is 2.90. The highest BCUT2D eigenvalue weighted by Crippen LogP contribution is 2.34. The Balaban J connectivity index is 2.18. The van der Waals surface area contributed by atoms with Gasteiger partial charge in [-0.15, -0.1) is 0 Å². The average Bonchev–Trinajstić information content (AvgIpc) is 2.71. The molecule has 2 heterocycles. The first kappa shape index (κ1) is 15.1. The third-order valence-electron chi connectivity index (χ3n) is 4.66. The average molecular weight is 283 g/mol. The van der Waals surface area contributed by atoms with E-state index in [1.165, 1.54) is 0 Å². The number of oxime groups is 1. The zero-order valence-corrected chi connectivity index (χ0v) is 12.2. The molecule has 2 rings (SSSR count). The topological polar surface area (TPSA) is 88.2 Å². The molecule has 2 saturated heterocycles. The number of nitrogens with zero attached hydrogens (tertiary/aromatic N) is 2. The Morgan fingerprint density at radius 3 is 2.70 bits per heavy atom. The lowest BCUT2D eigenvalue weighted by atomic mass is 9.77. The van der Waals surface area contributed by atoms with Crippen LogP contribution in [0, 0.1) is 11.3 Å². The first-order chi connectivity index (χ1) is 9.60. The lowest BCUT2D eigenvalue weighted by molar-refractivity contribution is -0.142. The molecule has 1 atom stereocenters. The van der Waals surface area contributed by atoms with Crippen molar-refractivity contribution in [2.75, 3.05) is 26.3 Å². The van der Waals surface area contributed by atoms with Gasteiger partial charge in [-0.2, -0.15) is 0 Å². The summed E-state index contributed by atoms with van der Waals surface area (Å²) in [4.78, 5) is 14.8. The molecule has 6 heteroatoms. The lowest BCUT2D eigenvalue weighted by Gasteiger charge is -2.38. The van der Waals surface area contributed by atoms with E-state index in [9.17, 15) is 4.79 Å². The molecular formula is C14H25N3O3. The zero-order chi connectivity index (χ0) is 14.6. The van der Waals surface area contributed by atoms with Gasteiger partial charge in [0.1, 0.15) is 5.41 Å². The predicted octanol–water partition coefficient (Wildman–Crippen LogP) is 1.18. The van der Waals surface area contributed by atoms with E-state index in [1.807, 2.05) is 4.90 Å². The van der Waals surface area contributed by atoms with Gasteiger partial charge >= 0.3 is 0 Å². The molecule has 2 aliphatic rings. The number of amidine groups is 1. The van der Waals surface area contributed by atoms with Gasteiger partial charge in [-0.3, -0.25) is 4.79 Å². The minimum Gasteiger partial charge on any atom is -0.409 e. The van der Waals surface area contributed by atoms with Crippen molar-refractivity contribution in [3.05, 3.63) is 0 Å². The molecule has 6 nitrogen and oxygen atoms in total. The number of carbonyl (C=O) groups is 1. The molecule has 0 radical (unpaired) electrons. The van der Waals surface area contributed by atoms with E-state index >= 15 is 0 Å². The maximum Gasteiger partial charge on any atom is 0.236 e. The Kier molecular flexibility index (Phi) is 4.86. The van der Waals surface area contributed by atoms with E-state index in [0.29, 0.717) is 32.0 Å². The maximum atomic E-state index is 12.9. The first-order valence-electron chi connectivity index (χ1n) is 7.45. The van der Waals surface area contributed by atoms with Crippen LogP contribution in [0.25, 0.3) is 0 Å². The number of ether oxygens (including phenoxy) is 1. The number of likely N-dealkylation sites (tertiary alicyclic amines) is 1. The van der Waals surface area contributed by atoms with Crippen LogP contribution in [-0.2, 0) is 9.53 Å². The Morgan fingerprint density at radius 1 is 1.35 bits per heavy atom. The highest BCUT2D eigenvalue weighted by molar-refractivity contribution is 6.06. The molecule has 0 aromatic carbocycles. The Hall–Kier alpha value is -1.30. The summed E-state index contributed by atoms with van der Waals surface area (Å²) in [5.74, 6) is 0.690. The summed E-state index contributed by atoms with van der Waals surface area (Å²) in [5.41, 5.74) is 4.98. The van der Waals surface area contributed by atoms with Crippen molar-refractivity contribution in [1.29, 1.82) is 0 Å². The van der Waals surface area contributed by atoms with Crippen molar-refractivity contribution < 1.29 is 14.7 Å². The van der Waals surface area contributed by atoms with E-state index in [2.05, 4.69) is 12.1 Å². The Labute approximate surface area is 119 Å². The van der Waals surface area contributed by atoms with Crippen molar-refractivity contribution in [3.63, 3.8) is 0 Å². The van der Waals surface area contributed by atoms with Gasteiger partial charge < -0.3 is 20.6 Å². The van der Waals surface area contributed by atoms with E-state index in [0.717, 1.165) is 32.4 Å². The number of hydrogen-bond acceptors (Lipinski definition) is 4. The molecule has 1 unspecified atom stereocenters. The Morgan fingerprint density at radius 2 is 2.05 bits per heavy atom. The monoisotopic (exact) mass is 283 g/mol. The Bertz CT molecular complexity index is 378. The summed E-state index contributed by atoms with van der Waals surface area (Å²) < 4.78 is 5.34. The second-order valence-corrected chi connectivity index (χ2v) is 6.01. The van der Waals surface area contributed by atoms with Crippen LogP contribution < -0.4 is 5.73 Å². The zero-order valence-electron chi connectivity index (χ0n) is 12.2. The maximum absolute atomic E-state index is 12.9. The van der Waals surface area contributed by atoms with Crippen LogP contribution in [0.5, 0.6) is 0 Å². The number of hydrogen-bond donors (Lipinski definition) is 2.